The average molecular weight is 345 g/mol. The summed E-state index contributed by atoms with van der Waals surface area (Å²) >= 11 is 0. The van der Waals surface area contributed by atoms with E-state index in [0.29, 0.717) is 24.5 Å². The van der Waals surface area contributed by atoms with E-state index in [9.17, 15) is 9.18 Å². The van der Waals surface area contributed by atoms with E-state index in [1.54, 1.807) is 18.2 Å². The summed E-state index contributed by atoms with van der Waals surface area (Å²) in [6.45, 7) is 4.14. The van der Waals surface area contributed by atoms with E-state index in [4.69, 9.17) is 5.73 Å². The summed E-state index contributed by atoms with van der Waals surface area (Å²) in [5, 5.41) is 7.25. The molecule has 2 aromatic rings. The second kappa shape index (κ2) is 7.65. The fourth-order valence-electron chi connectivity index (χ4n) is 3.29. The van der Waals surface area contributed by atoms with Crippen LogP contribution in [0.1, 0.15) is 24.1 Å². The molecule has 3 N–H and O–H groups in total. The molecule has 1 aromatic heterocycles. The van der Waals surface area contributed by atoms with Gasteiger partial charge in [0.2, 0.25) is 5.91 Å². The second-order valence-electron chi connectivity index (χ2n) is 6.60. The van der Waals surface area contributed by atoms with Crippen LogP contribution in [0.4, 0.5) is 10.2 Å². The summed E-state index contributed by atoms with van der Waals surface area (Å²) in [5.74, 6) is 0.197. The number of nitrogens with two attached hydrogens (primary N) is 1. The van der Waals surface area contributed by atoms with Crippen LogP contribution in [-0.2, 0) is 17.9 Å². The van der Waals surface area contributed by atoms with Crippen LogP contribution in [-0.4, -0.2) is 39.7 Å². The molecule has 1 unspecified atom stereocenters. The maximum Gasteiger partial charge on any atom is 0.242 e. The molecule has 1 aliphatic rings. The van der Waals surface area contributed by atoms with Crippen molar-refractivity contribution in [2.45, 2.75) is 38.9 Å². The summed E-state index contributed by atoms with van der Waals surface area (Å²) in [7, 11) is 0. The van der Waals surface area contributed by atoms with Gasteiger partial charge in [0.05, 0.1) is 5.69 Å². The number of piperidine rings is 1. The lowest BCUT2D eigenvalue weighted by molar-refractivity contribution is -0.122. The Morgan fingerprint density at radius 1 is 1.44 bits per heavy atom. The molecule has 0 saturated carbocycles. The molecule has 1 saturated heterocycles. The maximum absolute atomic E-state index is 13.8. The minimum absolute atomic E-state index is 0.0610. The third-order valence-corrected chi connectivity index (χ3v) is 4.45. The van der Waals surface area contributed by atoms with Crippen LogP contribution in [0, 0.1) is 12.7 Å². The van der Waals surface area contributed by atoms with E-state index < -0.39 is 0 Å². The zero-order chi connectivity index (χ0) is 17.8. The van der Waals surface area contributed by atoms with E-state index in [2.05, 4.69) is 15.3 Å². The number of rotatable bonds is 5. The Hall–Kier alpha value is -2.41. The second-order valence-corrected chi connectivity index (χ2v) is 6.60. The monoisotopic (exact) mass is 345 g/mol. The summed E-state index contributed by atoms with van der Waals surface area (Å²) in [4.78, 5) is 14.4. The predicted molar refractivity (Wildman–Crippen MR) is 94.2 cm³/mol. The lowest BCUT2D eigenvalue weighted by Gasteiger charge is -2.33. The Kier molecular flexibility index (Phi) is 5.33. The first kappa shape index (κ1) is 17.4. The van der Waals surface area contributed by atoms with E-state index >= 15 is 0 Å². The lowest BCUT2D eigenvalue weighted by Crippen LogP contribution is -2.48. The summed E-state index contributed by atoms with van der Waals surface area (Å²) in [6.07, 6.45) is 1.90. The van der Waals surface area contributed by atoms with Gasteiger partial charge in [0.1, 0.15) is 18.2 Å². The van der Waals surface area contributed by atoms with Gasteiger partial charge in [0, 0.05) is 30.8 Å². The standard InChI is InChI=1S/C18H24FN5O/c1-13-9-17(20)24(22-13)12-18(25)21-15-6-4-8-23(11-15)10-14-5-2-3-7-16(14)19/h2-3,5,7,9,15H,4,6,8,10-12,20H2,1H3,(H,21,25). The van der Waals surface area contributed by atoms with E-state index in [0.717, 1.165) is 25.1 Å². The molecule has 1 aliphatic heterocycles. The van der Waals surface area contributed by atoms with Crippen molar-refractivity contribution in [3.05, 3.63) is 47.4 Å². The number of likely N-dealkylation sites (tertiary alicyclic amines) is 1. The largest absolute Gasteiger partial charge is 0.384 e. The van der Waals surface area contributed by atoms with E-state index in [1.807, 2.05) is 13.0 Å². The van der Waals surface area contributed by atoms with Crippen LogP contribution in [0.25, 0.3) is 0 Å². The van der Waals surface area contributed by atoms with Crippen LogP contribution in [0.3, 0.4) is 0 Å². The number of carbonyl (C=O) groups is 1. The van der Waals surface area contributed by atoms with Gasteiger partial charge in [-0.05, 0) is 32.4 Å². The third kappa shape index (κ3) is 4.57. The highest BCUT2D eigenvalue weighted by Gasteiger charge is 2.22. The Morgan fingerprint density at radius 3 is 2.96 bits per heavy atom. The first-order chi connectivity index (χ1) is 12.0. The maximum atomic E-state index is 13.8. The van der Waals surface area contributed by atoms with Crippen molar-refractivity contribution < 1.29 is 9.18 Å². The van der Waals surface area contributed by atoms with Crippen molar-refractivity contribution in [1.29, 1.82) is 0 Å². The molecule has 1 aromatic carbocycles. The molecule has 3 rings (SSSR count). The number of anilines is 1. The Balaban J connectivity index is 1.53. The van der Waals surface area contributed by atoms with Crippen molar-refractivity contribution >= 4 is 11.7 Å². The van der Waals surface area contributed by atoms with Gasteiger partial charge >= 0.3 is 0 Å². The van der Waals surface area contributed by atoms with E-state index in [-0.39, 0.29) is 24.3 Å². The minimum atomic E-state index is -0.182. The van der Waals surface area contributed by atoms with Gasteiger partial charge in [0.25, 0.3) is 0 Å². The molecule has 7 heteroatoms. The van der Waals surface area contributed by atoms with Crippen molar-refractivity contribution in [2.24, 2.45) is 0 Å². The number of carbonyl (C=O) groups excluding carboxylic acids is 1. The molecule has 1 fully saturated rings. The number of nitrogens with zero attached hydrogens (tertiary/aromatic N) is 3. The summed E-state index contributed by atoms with van der Waals surface area (Å²) < 4.78 is 15.3. The van der Waals surface area contributed by atoms with E-state index in [1.165, 1.54) is 10.7 Å². The summed E-state index contributed by atoms with van der Waals surface area (Å²) in [6, 6.07) is 8.63. The number of halogens is 1. The van der Waals surface area contributed by atoms with Gasteiger partial charge in [-0.15, -0.1) is 0 Å². The minimum Gasteiger partial charge on any atom is -0.384 e. The van der Waals surface area contributed by atoms with Gasteiger partial charge < -0.3 is 11.1 Å². The Labute approximate surface area is 146 Å². The van der Waals surface area contributed by atoms with Crippen LogP contribution >= 0.6 is 0 Å². The molecular formula is C18H24FN5O. The van der Waals surface area contributed by atoms with Crippen LogP contribution < -0.4 is 11.1 Å². The molecule has 2 heterocycles. The van der Waals surface area contributed by atoms with Gasteiger partial charge in [-0.1, -0.05) is 18.2 Å². The molecule has 1 atom stereocenters. The summed E-state index contributed by atoms with van der Waals surface area (Å²) in [5.41, 5.74) is 7.30. The first-order valence-corrected chi connectivity index (χ1v) is 8.56. The molecule has 1 amide bonds. The molecule has 0 bridgehead atoms. The zero-order valence-corrected chi connectivity index (χ0v) is 14.4. The molecular weight excluding hydrogens is 321 g/mol. The number of nitrogens with one attached hydrogen (secondary N) is 1. The quantitative estimate of drug-likeness (QED) is 0.865. The van der Waals surface area contributed by atoms with Crippen LogP contribution in [0.15, 0.2) is 30.3 Å². The highest BCUT2D eigenvalue weighted by atomic mass is 19.1. The molecule has 0 spiro atoms. The number of aromatic nitrogens is 2. The number of hydrogen-bond acceptors (Lipinski definition) is 4. The van der Waals surface area contributed by atoms with Gasteiger partial charge in [-0.3, -0.25) is 9.69 Å². The van der Waals surface area contributed by atoms with Crippen molar-refractivity contribution in [3.8, 4) is 0 Å². The molecule has 6 nitrogen and oxygen atoms in total. The highest BCUT2D eigenvalue weighted by Crippen LogP contribution is 2.16. The topological polar surface area (TPSA) is 76.2 Å². The van der Waals surface area contributed by atoms with Crippen molar-refractivity contribution in [3.63, 3.8) is 0 Å². The number of hydrogen-bond donors (Lipinski definition) is 2. The number of benzene rings is 1. The van der Waals surface area contributed by atoms with Gasteiger partial charge in [-0.25, -0.2) is 9.07 Å². The molecule has 25 heavy (non-hydrogen) atoms. The van der Waals surface area contributed by atoms with Crippen molar-refractivity contribution in [1.82, 2.24) is 20.0 Å². The third-order valence-electron chi connectivity index (χ3n) is 4.45. The Bertz CT molecular complexity index is 745. The Morgan fingerprint density at radius 2 is 2.24 bits per heavy atom. The molecule has 0 radical (unpaired) electrons. The highest BCUT2D eigenvalue weighted by molar-refractivity contribution is 5.76. The van der Waals surface area contributed by atoms with Gasteiger partial charge in [0.15, 0.2) is 0 Å². The molecule has 134 valence electrons. The number of nitrogen functional groups attached to an aromatic ring is 1. The van der Waals surface area contributed by atoms with Gasteiger partial charge in [-0.2, -0.15) is 5.10 Å². The van der Waals surface area contributed by atoms with Crippen LogP contribution in [0.5, 0.6) is 0 Å². The SMILES string of the molecule is Cc1cc(N)n(CC(=O)NC2CCCN(Cc3ccccc3F)C2)n1. The fraction of sp³-hybridized carbons (Fsp3) is 0.444. The first-order valence-electron chi connectivity index (χ1n) is 8.56. The smallest absolute Gasteiger partial charge is 0.242 e. The average Bonchev–Trinajstić information content (AvgIpc) is 2.87. The predicted octanol–water partition coefficient (Wildman–Crippen LogP) is 1.69. The van der Waals surface area contributed by atoms with Crippen molar-refractivity contribution in [2.75, 3.05) is 18.8 Å². The number of amides is 1. The zero-order valence-electron chi connectivity index (χ0n) is 14.4. The van der Waals surface area contributed by atoms with Crippen LogP contribution in [0.2, 0.25) is 0 Å². The lowest BCUT2D eigenvalue weighted by atomic mass is 10.0. The fourth-order valence-corrected chi connectivity index (χ4v) is 3.29. The number of aryl methyl sites for hydroxylation is 1. The molecule has 0 aliphatic carbocycles. The normalized spacial score (nSPS) is 18.2.